The van der Waals surface area contributed by atoms with Crippen molar-refractivity contribution in [3.05, 3.63) is 30.3 Å². The molecule has 1 saturated heterocycles. The van der Waals surface area contributed by atoms with Crippen molar-refractivity contribution in [2.75, 3.05) is 30.1 Å². The number of sulfone groups is 1. The summed E-state index contributed by atoms with van der Waals surface area (Å²) in [5, 5.41) is 38.9. The second kappa shape index (κ2) is 9.94. The van der Waals surface area contributed by atoms with Crippen molar-refractivity contribution >= 4 is 21.4 Å². The molecular weight excluding hydrogens is 406 g/mol. The lowest BCUT2D eigenvalue weighted by Gasteiger charge is -2.40. The molecule has 1 aromatic rings. The number of aliphatic hydroxyl groups excluding tert-OH is 4. The first-order chi connectivity index (χ1) is 13.5. The fraction of sp³-hybridized carbons (Fsp3) is 0.611. The van der Waals surface area contributed by atoms with Gasteiger partial charge in [-0.3, -0.25) is 4.79 Å². The number of rotatable bonds is 8. The van der Waals surface area contributed by atoms with Gasteiger partial charge in [0.15, 0.2) is 16.1 Å². The van der Waals surface area contributed by atoms with Crippen molar-refractivity contribution in [2.45, 2.75) is 43.7 Å². The molecule has 0 radical (unpaired) electrons. The smallest absolute Gasteiger partial charge is 0.242 e. The van der Waals surface area contributed by atoms with E-state index in [1.165, 1.54) is 4.90 Å². The molecule has 11 heteroatoms. The van der Waals surface area contributed by atoms with Crippen LogP contribution in [-0.4, -0.2) is 96.7 Å². The number of hydrogen-bond acceptors (Lipinski definition) is 9. The molecule has 2 rings (SSSR count). The minimum absolute atomic E-state index is 0.174. The van der Waals surface area contributed by atoms with Gasteiger partial charge in [0.2, 0.25) is 5.91 Å². The van der Waals surface area contributed by atoms with E-state index in [4.69, 9.17) is 9.47 Å². The van der Waals surface area contributed by atoms with Gasteiger partial charge in [0.1, 0.15) is 30.2 Å². The van der Waals surface area contributed by atoms with E-state index < -0.39 is 64.9 Å². The third kappa shape index (κ3) is 6.19. The van der Waals surface area contributed by atoms with Crippen LogP contribution in [0.2, 0.25) is 0 Å². The molecule has 29 heavy (non-hydrogen) atoms. The zero-order chi connectivity index (χ0) is 21.8. The molecule has 164 valence electrons. The van der Waals surface area contributed by atoms with Crippen LogP contribution in [0.15, 0.2) is 30.3 Å². The molecule has 10 nitrogen and oxygen atoms in total. The summed E-state index contributed by atoms with van der Waals surface area (Å²) in [4.78, 5) is 13.9. The predicted octanol–water partition coefficient (Wildman–Crippen LogP) is -1.73. The molecular formula is C18H27NO9S. The highest BCUT2D eigenvalue weighted by molar-refractivity contribution is 7.91. The molecule has 1 unspecified atom stereocenters. The molecule has 0 spiro atoms. The summed E-state index contributed by atoms with van der Waals surface area (Å²) >= 11 is 0. The molecule has 0 bridgehead atoms. The van der Waals surface area contributed by atoms with Crippen molar-refractivity contribution in [1.29, 1.82) is 0 Å². The quantitative estimate of drug-likeness (QED) is 0.374. The molecule has 0 aromatic heterocycles. The topological polar surface area (TPSA) is 154 Å². The fourth-order valence-corrected chi connectivity index (χ4v) is 3.63. The second-order valence-corrected chi connectivity index (χ2v) is 9.19. The minimum atomic E-state index is -3.56. The van der Waals surface area contributed by atoms with Crippen LogP contribution in [0, 0.1) is 0 Å². The summed E-state index contributed by atoms with van der Waals surface area (Å²) in [6.07, 6.45) is -6.18. The molecule has 1 aliphatic heterocycles. The Kier molecular flexibility index (Phi) is 8.11. The molecule has 4 N–H and O–H groups in total. The van der Waals surface area contributed by atoms with Gasteiger partial charge in [0.25, 0.3) is 0 Å². The highest BCUT2D eigenvalue weighted by Gasteiger charge is 2.44. The Morgan fingerprint density at radius 1 is 1.17 bits per heavy atom. The van der Waals surface area contributed by atoms with Crippen LogP contribution in [0.4, 0.5) is 5.69 Å². The number of para-hydroxylation sites is 1. The summed E-state index contributed by atoms with van der Waals surface area (Å²) in [5.74, 6) is -1.34. The average Bonchev–Trinajstić information content (AvgIpc) is 2.65. The van der Waals surface area contributed by atoms with Gasteiger partial charge in [-0.25, -0.2) is 8.42 Å². The van der Waals surface area contributed by atoms with Crippen LogP contribution < -0.4 is 4.90 Å². The first-order valence-corrected chi connectivity index (χ1v) is 11.1. The van der Waals surface area contributed by atoms with Crippen molar-refractivity contribution in [3.63, 3.8) is 0 Å². The zero-order valence-corrected chi connectivity index (χ0v) is 17.0. The maximum absolute atomic E-state index is 12.6. The summed E-state index contributed by atoms with van der Waals surface area (Å²) in [7, 11) is -3.56. The van der Waals surface area contributed by atoms with Crippen LogP contribution in [0.1, 0.15) is 6.92 Å². The van der Waals surface area contributed by atoms with Gasteiger partial charge in [-0.2, -0.15) is 0 Å². The van der Waals surface area contributed by atoms with E-state index in [1.807, 2.05) is 0 Å². The standard InChI is InChI=1S/C18H27NO9S/c1-11(9-27-18-17(24)16(23)15(22)13(8-20)28-18)19(12-6-4-3-5-7-12)14(21)10-29(2,25)26/h3-7,11,13,15-18,20,22-24H,8-10H2,1-2H3/t11?,13-,15-,16+,17-,18-/m1/s1. The number of ether oxygens (including phenoxy) is 2. The fourth-order valence-electron chi connectivity index (χ4n) is 3.04. The first-order valence-electron chi connectivity index (χ1n) is 9.02. The lowest BCUT2D eigenvalue weighted by atomic mass is 9.99. The number of nitrogens with zero attached hydrogens (tertiary/aromatic N) is 1. The number of aliphatic hydroxyl groups is 4. The number of carbonyl (C=O) groups excluding carboxylic acids is 1. The average molecular weight is 433 g/mol. The summed E-state index contributed by atoms with van der Waals surface area (Å²) < 4.78 is 33.9. The van der Waals surface area contributed by atoms with Gasteiger partial charge in [0, 0.05) is 11.9 Å². The minimum Gasteiger partial charge on any atom is -0.394 e. The van der Waals surface area contributed by atoms with E-state index in [-0.39, 0.29) is 6.61 Å². The molecule has 6 atom stereocenters. The molecule has 0 aliphatic carbocycles. The SMILES string of the molecule is CC(CO[C@@H]1O[C@H](CO)[C@@H](O)[C@H](O)[C@H]1O)N(C(=O)CS(C)(=O)=O)c1ccccc1. The number of benzene rings is 1. The van der Waals surface area contributed by atoms with Gasteiger partial charge < -0.3 is 34.8 Å². The molecule has 1 aromatic carbocycles. The highest BCUT2D eigenvalue weighted by atomic mass is 32.2. The van der Waals surface area contributed by atoms with Gasteiger partial charge in [0.05, 0.1) is 19.3 Å². The molecule has 0 saturated carbocycles. The van der Waals surface area contributed by atoms with Crippen molar-refractivity contribution in [3.8, 4) is 0 Å². The van der Waals surface area contributed by atoms with E-state index in [0.717, 1.165) is 6.26 Å². The normalized spacial score (nSPS) is 28.7. The van der Waals surface area contributed by atoms with E-state index in [9.17, 15) is 33.6 Å². The van der Waals surface area contributed by atoms with E-state index in [1.54, 1.807) is 37.3 Å². The van der Waals surface area contributed by atoms with Crippen LogP contribution in [0.3, 0.4) is 0 Å². The van der Waals surface area contributed by atoms with Crippen LogP contribution in [0.5, 0.6) is 0 Å². The largest absolute Gasteiger partial charge is 0.394 e. The Morgan fingerprint density at radius 3 is 2.34 bits per heavy atom. The summed E-state index contributed by atoms with van der Waals surface area (Å²) in [5.41, 5.74) is 0.464. The first kappa shape index (κ1) is 23.7. The molecule has 1 fully saturated rings. The Bertz CT molecular complexity index is 771. The van der Waals surface area contributed by atoms with Crippen LogP contribution in [0.25, 0.3) is 0 Å². The summed E-state index contributed by atoms with van der Waals surface area (Å²) in [6.45, 7) is 0.855. The highest BCUT2D eigenvalue weighted by Crippen LogP contribution is 2.23. The van der Waals surface area contributed by atoms with Crippen molar-refractivity contribution < 1.29 is 43.1 Å². The Balaban J connectivity index is 2.13. The Labute approximate surface area is 169 Å². The van der Waals surface area contributed by atoms with Gasteiger partial charge >= 0.3 is 0 Å². The zero-order valence-electron chi connectivity index (χ0n) is 16.2. The number of hydrogen-bond donors (Lipinski definition) is 4. The third-order valence-electron chi connectivity index (χ3n) is 4.48. The van der Waals surface area contributed by atoms with E-state index in [2.05, 4.69) is 0 Å². The Morgan fingerprint density at radius 2 is 1.79 bits per heavy atom. The maximum atomic E-state index is 12.6. The third-order valence-corrected chi connectivity index (χ3v) is 5.25. The lowest BCUT2D eigenvalue weighted by Crippen LogP contribution is -2.59. The second-order valence-electron chi connectivity index (χ2n) is 7.05. The monoisotopic (exact) mass is 433 g/mol. The van der Waals surface area contributed by atoms with Crippen LogP contribution >= 0.6 is 0 Å². The van der Waals surface area contributed by atoms with Crippen LogP contribution in [-0.2, 0) is 24.1 Å². The predicted molar refractivity (Wildman–Crippen MR) is 103 cm³/mol. The summed E-state index contributed by atoms with van der Waals surface area (Å²) in [6, 6.07) is 7.77. The maximum Gasteiger partial charge on any atom is 0.242 e. The number of amides is 1. The molecule has 1 amide bonds. The Hall–Kier alpha value is -1.60. The van der Waals surface area contributed by atoms with Gasteiger partial charge in [-0.1, -0.05) is 18.2 Å². The van der Waals surface area contributed by atoms with Gasteiger partial charge in [-0.05, 0) is 19.1 Å². The van der Waals surface area contributed by atoms with E-state index >= 15 is 0 Å². The molecule has 1 heterocycles. The van der Waals surface area contributed by atoms with Crippen molar-refractivity contribution in [2.24, 2.45) is 0 Å². The number of carbonyl (C=O) groups is 1. The lowest BCUT2D eigenvalue weighted by molar-refractivity contribution is -0.301. The van der Waals surface area contributed by atoms with Gasteiger partial charge in [-0.15, -0.1) is 0 Å². The van der Waals surface area contributed by atoms with Crippen molar-refractivity contribution in [1.82, 2.24) is 0 Å². The number of anilines is 1. The molecule has 1 aliphatic rings. The van der Waals surface area contributed by atoms with E-state index in [0.29, 0.717) is 5.69 Å².